The van der Waals surface area contributed by atoms with Crippen LogP contribution in [0.25, 0.3) is 21.6 Å². The van der Waals surface area contributed by atoms with Crippen molar-refractivity contribution in [1.29, 1.82) is 0 Å². The summed E-state index contributed by atoms with van der Waals surface area (Å²) >= 11 is 4.95. The predicted octanol–water partition coefficient (Wildman–Crippen LogP) is 3.71. The summed E-state index contributed by atoms with van der Waals surface area (Å²) in [6.07, 6.45) is 0. The molecule has 4 nitrogen and oxygen atoms in total. The third-order valence-electron chi connectivity index (χ3n) is 2.72. The van der Waals surface area contributed by atoms with E-state index in [1.165, 1.54) is 11.3 Å². The summed E-state index contributed by atoms with van der Waals surface area (Å²) in [5.74, 6) is 1.91. The minimum absolute atomic E-state index is 0.480. The third-order valence-corrected chi connectivity index (χ3v) is 4.12. The highest BCUT2D eigenvalue weighted by Crippen LogP contribution is 2.31. The lowest BCUT2D eigenvalue weighted by molar-refractivity contribution is 0.417. The van der Waals surface area contributed by atoms with Crippen LogP contribution in [-0.4, -0.2) is 17.1 Å². The van der Waals surface area contributed by atoms with E-state index < -0.39 is 0 Å². The lowest BCUT2D eigenvalue weighted by Crippen LogP contribution is -1.96. The summed E-state index contributed by atoms with van der Waals surface area (Å²) in [4.78, 5) is 9.84. The number of nitrogens with zero attached hydrogens (tertiary/aromatic N) is 2. The van der Waals surface area contributed by atoms with Gasteiger partial charge < -0.3 is 10.5 Å². The molecule has 2 aromatic heterocycles. The summed E-state index contributed by atoms with van der Waals surface area (Å²) in [5, 5.41) is 2.77. The van der Waals surface area contributed by atoms with E-state index >= 15 is 0 Å². The number of fused-ring (bicyclic) bond motifs is 1. The predicted molar refractivity (Wildman–Crippen MR) is 81.5 cm³/mol. The summed E-state index contributed by atoms with van der Waals surface area (Å²) in [6.45, 7) is 0. The van der Waals surface area contributed by atoms with Gasteiger partial charge in [0, 0.05) is 21.3 Å². The lowest BCUT2D eigenvalue weighted by Gasteiger charge is -2.04. The summed E-state index contributed by atoms with van der Waals surface area (Å²) in [7, 11) is 1.64. The fourth-order valence-electron chi connectivity index (χ4n) is 1.78. The maximum Gasteiger partial charge on any atom is 0.172 e. The Balaban J connectivity index is 2.17. The lowest BCUT2D eigenvalue weighted by atomic mass is 10.2. The van der Waals surface area contributed by atoms with Crippen molar-refractivity contribution in [2.75, 3.05) is 12.8 Å². The van der Waals surface area contributed by atoms with Crippen LogP contribution in [0.1, 0.15) is 0 Å². The second-order valence-electron chi connectivity index (χ2n) is 3.94. The molecule has 2 heterocycles. The monoisotopic (exact) mass is 335 g/mol. The third kappa shape index (κ3) is 2.29. The van der Waals surface area contributed by atoms with Crippen molar-refractivity contribution in [3.63, 3.8) is 0 Å². The van der Waals surface area contributed by atoms with Gasteiger partial charge in [-0.3, -0.25) is 0 Å². The van der Waals surface area contributed by atoms with Gasteiger partial charge in [-0.05, 0) is 18.2 Å². The number of rotatable bonds is 2. The molecule has 3 aromatic rings. The standard InChI is InChI=1S/C13H10BrN3OS/c1-18-8-5-11(19-6-8)13-16-10-3-2-7(14)4-9(10)12(15)17-13/h2-6H,1H3,(H2,15,16,17). The van der Waals surface area contributed by atoms with E-state index in [1.54, 1.807) is 7.11 Å². The van der Waals surface area contributed by atoms with E-state index in [0.717, 1.165) is 26.0 Å². The summed E-state index contributed by atoms with van der Waals surface area (Å²) < 4.78 is 6.13. The van der Waals surface area contributed by atoms with Crippen molar-refractivity contribution < 1.29 is 4.74 Å². The van der Waals surface area contributed by atoms with Crippen LogP contribution >= 0.6 is 27.3 Å². The van der Waals surface area contributed by atoms with E-state index in [9.17, 15) is 0 Å². The quantitative estimate of drug-likeness (QED) is 0.775. The number of thiophene rings is 1. The zero-order valence-electron chi connectivity index (χ0n) is 10.1. The smallest absolute Gasteiger partial charge is 0.172 e. The van der Waals surface area contributed by atoms with Gasteiger partial charge in [0.05, 0.1) is 17.5 Å². The molecule has 0 aliphatic carbocycles. The van der Waals surface area contributed by atoms with Gasteiger partial charge in [-0.1, -0.05) is 15.9 Å². The molecule has 0 amide bonds. The van der Waals surface area contributed by atoms with Crippen molar-refractivity contribution in [3.05, 3.63) is 34.1 Å². The molecule has 1 aromatic carbocycles. The molecule has 96 valence electrons. The van der Waals surface area contributed by atoms with E-state index in [2.05, 4.69) is 25.9 Å². The average Bonchev–Trinajstić information content (AvgIpc) is 2.88. The molecule has 0 spiro atoms. The van der Waals surface area contributed by atoms with Crippen LogP contribution in [0.3, 0.4) is 0 Å². The molecule has 0 unspecified atom stereocenters. The molecule has 0 fully saturated rings. The van der Waals surface area contributed by atoms with E-state index in [-0.39, 0.29) is 0 Å². The van der Waals surface area contributed by atoms with Gasteiger partial charge in [-0.2, -0.15) is 0 Å². The molecule has 0 atom stereocenters. The second kappa shape index (κ2) is 4.79. The van der Waals surface area contributed by atoms with Gasteiger partial charge >= 0.3 is 0 Å². The fourth-order valence-corrected chi connectivity index (χ4v) is 2.93. The Labute approximate surface area is 122 Å². The number of nitrogens with two attached hydrogens (primary N) is 1. The maximum absolute atomic E-state index is 6.00. The zero-order valence-corrected chi connectivity index (χ0v) is 12.5. The van der Waals surface area contributed by atoms with Crippen LogP contribution in [0, 0.1) is 0 Å². The molecule has 0 bridgehead atoms. The van der Waals surface area contributed by atoms with Gasteiger partial charge in [0.25, 0.3) is 0 Å². The van der Waals surface area contributed by atoms with Crippen LogP contribution in [0.4, 0.5) is 5.82 Å². The zero-order chi connectivity index (χ0) is 13.4. The van der Waals surface area contributed by atoms with Crippen molar-refractivity contribution >= 4 is 44.0 Å². The van der Waals surface area contributed by atoms with Crippen LogP contribution < -0.4 is 10.5 Å². The van der Waals surface area contributed by atoms with Crippen LogP contribution in [0.5, 0.6) is 5.75 Å². The molecule has 0 saturated heterocycles. The number of nitrogen functional groups attached to an aromatic ring is 1. The largest absolute Gasteiger partial charge is 0.496 e. The minimum atomic E-state index is 0.480. The Morgan fingerprint density at radius 1 is 1.26 bits per heavy atom. The van der Waals surface area contributed by atoms with Crippen LogP contribution in [0.15, 0.2) is 34.1 Å². The number of aromatic nitrogens is 2. The number of hydrogen-bond donors (Lipinski definition) is 1. The molecular formula is C13H10BrN3OS. The van der Waals surface area contributed by atoms with Crippen molar-refractivity contribution in [3.8, 4) is 16.5 Å². The van der Waals surface area contributed by atoms with Gasteiger partial charge in [-0.15, -0.1) is 11.3 Å². The summed E-state index contributed by atoms with van der Waals surface area (Å²) in [6, 6.07) is 7.69. The average molecular weight is 336 g/mol. The molecule has 0 aliphatic heterocycles. The van der Waals surface area contributed by atoms with Gasteiger partial charge in [-0.25, -0.2) is 9.97 Å². The molecule has 0 radical (unpaired) electrons. The maximum atomic E-state index is 6.00. The second-order valence-corrected chi connectivity index (χ2v) is 5.77. The van der Waals surface area contributed by atoms with Crippen molar-refractivity contribution in [2.24, 2.45) is 0 Å². The van der Waals surface area contributed by atoms with E-state index in [1.807, 2.05) is 29.6 Å². The van der Waals surface area contributed by atoms with E-state index in [4.69, 9.17) is 10.5 Å². The minimum Gasteiger partial charge on any atom is -0.496 e. The Bertz CT molecular complexity index is 757. The number of ether oxygens (including phenoxy) is 1. The number of anilines is 1. The first-order chi connectivity index (χ1) is 9.17. The van der Waals surface area contributed by atoms with Crippen molar-refractivity contribution in [2.45, 2.75) is 0 Å². The Morgan fingerprint density at radius 2 is 2.11 bits per heavy atom. The van der Waals surface area contributed by atoms with Gasteiger partial charge in [0.2, 0.25) is 0 Å². The van der Waals surface area contributed by atoms with E-state index in [0.29, 0.717) is 11.6 Å². The molecule has 2 N–H and O–H groups in total. The topological polar surface area (TPSA) is 61.0 Å². The van der Waals surface area contributed by atoms with Gasteiger partial charge in [0.1, 0.15) is 11.6 Å². The first kappa shape index (κ1) is 12.4. The molecule has 6 heteroatoms. The number of methoxy groups -OCH3 is 1. The number of hydrogen-bond acceptors (Lipinski definition) is 5. The molecule has 0 aliphatic rings. The van der Waals surface area contributed by atoms with Crippen molar-refractivity contribution in [1.82, 2.24) is 9.97 Å². The Hall–Kier alpha value is -1.66. The highest BCUT2D eigenvalue weighted by molar-refractivity contribution is 9.10. The highest BCUT2D eigenvalue weighted by atomic mass is 79.9. The first-order valence-corrected chi connectivity index (χ1v) is 7.20. The molecule has 3 rings (SSSR count). The van der Waals surface area contributed by atoms with Gasteiger partial charge in [0.15, 0.2) is 5.82 Å². The Morgan fingerprint density at radius 3 is 2.84 bits per heavy atom. The van der Waals surface area contributed by atoms with Crippen LogP contribution in [0.2, 0.25) is 0 Å². The molecule has 19 heavy (non-hydrogen) atoms. The normalized spacial score (nSPS) is 10.8. The number of benzene rings is 1. The Kier molecular flexibility index (Phi) is 3.12. The fraction of sp³-hybridized carbons (Fsp3) is 0.0769. The molecular weight excluding hydrogens is 326 g/mol. The SMILES string of the molecule is COc1csc(-c2nc(N)c3cc(Br)ccc3n2)c1. The summed E-state index contributed by atoms with van der Waals surface area (Å²) in [5.41, 5.74) is 6.84. The first-order valence-electron chi connectivity index (χ1n) is 5.53. The highest BCUT2D eigenvalue weighted by Gasteiger charge is 2.10. The number of halogens is 1. The molecule has 0 saturated carbocycles. The van der Waals surface area contributed by atoms with Crippen LogP contribution in [-0.2, 0) is 0 Å².